The first kappa shape index (κ1) is 20.4. The van der Waals surface area contributed by atoms with E-state index in [0.717, 1.165) is 4.47 Å². The van der Waals surface area contributed by atoms with E-state index in [0.29, 0.717) is 13.1 Å². The number of halogens is 2. The highest BCUT2D eigenvalue weighted by Crippen LogP contribution is 2.26. The maximum Gasteiger partial charge on any atom is 0.241 e. The van der Waals surface area contributed by atoms with Gasteiger partial charge in [0.1, 0.15) is 4.75 Å². The largest absolute Gasteiger partial charge is 0.353 e. The van der Waals surface area contributed by atoms with Gasteiger partial charge in [0.25, 0.3) is 0 Å². The van der Waals surface area contributed by atoms with Gasteiger partial charge in [-0.05, 0) is 45.2 Å². The lowest BCUT2D eigenvalue weighted by Gasteiger charge is -2.24. The van der Waals surface area contributed by atoms with E-state index in [2.05, 4.69) is 26.6 Å². The Morgan fingerprint density at radius 2 is 1.71 bits per heavy atom. The fourth-order valence-corrected chi connectivity index (χ4v) is 3.21. The summed E-state index contributed by atoms with van der Waals surface area (Å²) in [4.78, 5) is 12.2. The van der Waals surface area contributed by atoms with Crippen LogP contribution in [0.5, 0.6) is 0 Å². The average Bonchev–Trinajstić information content (AvgIpc) is 2.39. The number of rotatable bonds is 6. The number of hydrogen-bond donors (Lipinski definition) is 2. The smallest absolute Gasteiger partial charge is 0.241 e. The Bertz CT molecular complexity index is 574. The van der Waals surface area contributed by atoms with Crippen LogP contribution < -0.4 is 10.6 Å². The molecule has 0 heterocycles. The molecule has 1 rings (SSSR count). The van der Waals surface area contributed by atoms with Crippen LogP contribution in [0.2, 0.25) is 0 Å². The van der Waals surface area contributed by atoms with Crippen LogP contribution in [0.1, 0.15) is 13.8 Å². The number of amides is 1. The monoisotopic (exact) mass is 398 g/mol. The molecule has 120 valence electrons. The first-order valence-corrected chi connectivity index (χ1v) is 8.44. The molecule has 5 nitrogen and oxygen atoms in total. The van der Waals surface area contributed by atoms with E-state index in [9.17, 15) is 13.2 Å². The Morgan fingerprint density at radius 3 is 2.19 bits per heavy atom. The van der Waals surface area contributed by atoms with Crippen molar-refractivity contribution in [3.63, 3.8) is 0 Å². The summed E-state index contributed by atoms with van der Waals surface area (Å²) in [5, 5.41) is 5.50. The summed E-state index contributed by atoms with van der Waals surface area (Å²) in [7, 11) is -1.99. The first-order chi connectivity index (χ1) is 9.23. The van der Waals surface area contributed by atoms with Crippen molar-refractivity contribution in [3.8, 4) is 0 Å². The van der Waals surface area contributed by atoms with Crippen molar-refractivity contribution in [3.05, 3.63) is 28.7 Å². The van der Waals surface area contributed by atoms with Crippen LogP contribution in [0.4, 0.5) is 0 Å². The van der Waals surface area contributed by atoms with Crippen LogP contribution in [0, 0.1) is 0 Å². The van der Waals surface area contributed by atoms with E-state index in [-0.39, 0.29) is 17.3 Å². The Balaban J connectivity index is 0.00000400. The molecule has 0 aliphatic heterocycles. The normalized spacial score (nSPS) is 11.6. The second-order valence-electron chi connectivity index (χ2n) is 4.83. The van der Waals surface area contributed by atoms with Gasteiger partial charge in [-0.25, -0.2) is 8.42 Å². The summed E-state index contributed by atoms with van der Waals surface area (Å²) in [5.41, 5.74) is 0. The predicted octanol–water partition coefficient (Wildman–Crippen LogP) is 1.76. The summed E-state index contributed by atoms with van der Waals surface area (Å²) in [6.07, 6.45) is 0. The van der Waals surface area contributed by atoms with Crippen LogP contribution in [0.3, 0.4) is 0 Å². The minimum atomic E-state index is -3.74. The summed E-state index contributed by atoms with van der Waals surface area (Å²) in [6, 6.07) is 6.26. The molecule has 0 saturated heterocycles. The third kappa shape index (κ3) is 4.67. The fraction of sp³-hybridized carbons (Fsp3) is 0.462. The maximum absolute atomic E-state index is 12.5. The van der Waals surface area contributed by atoms with Gasteiger partial charge in [-0.3, -0.25) is 4.79 Å². The van der Waals surface area contributed by atoms with Crippen molar-refractivity contribution in [2.75, 3.05) is 20.1 Å². The molecule has 0 aliphatic rings. The third-order valence-electron chi connectivity index (χ3n) is 3.00. The van der Waals surface area contributed by atoms with Crippen molar-refractivity contribution in [1.82, 2.24) is 10.6 Å². The third-order valence-corrected chi connectivity index (χ3v) is 5.95. The van der Waals surface area contributed by atoms with Crippen LogP contribution in [-0.4, -0.2) is 39.2 Å². The highest BCUT2D eigenvalue weighted by Gasteiger charge is 2.42. The molecule has 1 amide bonds. The van der Waals surface area contributed by atoms with Gasteiger partial charge < -0.3 is 10.6 Å². The van der Waals surface area contributed by atoms with Gasteiger partial charge in [0, 0.05) is 17.6 Å². The molecular weight excluding hydrogens is 380 g/mol. The molecule has 8 heteroatoms. The van der Waals surface area contributed by atoms with Gasteiger partial charge in [-0.2, -0.15) is 0 Å². The Labute approximate surface area is 140 Å². The molecule has 2 N–H and O–H groups in total. The number of hydrogen-bond acceptors (Lipinski definition) is 4. The first-order valence-electron chi connectivity index (χ1n) is 6.16. The number of benzene rings is 1. The SMILES string of the molecule is CNCCNC(=O)C(C)(C)S(=O)(=O)c1ccc(Br)cc1.Cl. The maximum atomic E-state index is 12.5. The minimum absolute atomic E-state index is 0. The molecule has 0 aliphatic carbocycles. The zero-order chi connectivity index (χ0) is 15.4. The topological polar surface area (TPSA) is 75.3 Å². The standard InChI is InChI=1S/C13H19BrN2O3S.ClH/c1-13(2,12(17)16-9-8-15-3)20(18,19)11-6-4-10(14)5-7-11;/h4-7,15H,8-9H2,1-3H3,(H,16,17);1H. The van der Waals surface area contributed by atoms with Crippen LogP contribution in [0.25, 0.3) is 0 Å². The van der Waals surface area contributed by atoms with Gasteiger partial charge in [-0.15, -0.1) is 12.4 Å². The Kier molecular flexibility index (Phi) is 7.88. The van der Waals surface area contributed by atoms with Gasteiger partial charge >= 0.3 is 0 Å². The number of sulfone groups is 1. The molecule has 0 radical (unpaired) electrons. The quantitative estimate of drug-likeness (QED) is 0.715. The fourth-order valence-electron chi connectivity index (χ4n) is 1.54. The molecule has 0 saturated carbocycles. The molecule has 0 atom stereocenters. The molecule has 0 fully saturated rings. The predicted molar refractivity (Wildman–Crippen MR) is 89.6 cm³/mol. The van der Waals surface area contributed by atoms with Crippen molar-refractivity contribution in [2.24, 2.45) is 0 Å². The van der Waals surface area contributed by atoms with Gasteiger partial charge in [-0.1, -0.05) is 15.9 Å². The lowest BCUT2D eigenvalue weighted by Crippen LogP contribution is -2.49. The second-order valence-corrected chi connectivity index (χ2v) is 8.24. The lowest BCUT2D eigenvalue weighted by molar-refractivity contribution is -0.122. The second kappa shape index (κ2) is 8.12. The van der Waals surface area contributed by atoms with E-state index in [4.69, 9.17) is 0 Å². The van der Waals surface area contributed by atoms with Gasteiger partial charge in [0.15, 0.2) is 9.84 Å². The Hall–Kier alpha value is -0.630. The summed E-state index contributed by atoms with van der Waals surface area (Å²) >= 11 is 3.25. The van der Waals surface area contributed by atoms with Crippen LogP contribution in [0.15, 0.2) is 33.6 Å². The van der Waals surface area contributed by atoms with E-state index < -0.39 is 20.5 Å². The van der Waals surface area contributed by atoms with Crippen molar-refractivity contribution < 1.29 is 13.2 Å². The molecule has 21 heavy (non-hydrogen) atoms. The molecule has 0 aromatic heterocycles. The molecular formula is C13H20BrClN2O3S. The molecule has 0 unspecified atom stereocenters. The lowest BCUT2D eigenvalue weighted by atomic mass is 10.2. The van der Waals surface area contributed by atoms with E-state index in [1.165, 1.54) is 26.0 Å². The molecule has 0 spiro atoms. The number of carbonyl (C=O) groups is 1. The van der Waals surface area contributed by atoms with Crippen LogP contribution in [-0.2, 0) is 14.6 Å². The van der Waals surface area contributed by atoms with Crippen LogP contribution >= 0.6 is 28.3 Å². The number of likely N-dealkylation sites (N-methyl/N-ethyl adjacent to an activating group) is 1. The number of nitrogens with one attached hydrogen (secondary N) is 2. The summed E-state index contributed by atoms with van der Waals surface area (Å²) in [6.45, 7) is 3.80. The summed E-state index contributed by atoms with van der Waals surface area (Å²) in [5.74, 6) is -0.504. The van der Waals surface area contributed by atoms with Crippen molar-refractivity contribution in [2.45, 2.75) is 23.5 Å². The number of carbonyl (C=O) groups excluding carboxylic acids is 1. The molecule has 1 aromatic rings. The van der Waals surface area contributed by atoms with Gasteiger partial charge in [0.05, 0.1) is 4.90 Å². The average molecular weight is 400 g/mol. The Morgan fingerprint density at radius 1 is 1.19 bits per heavy atom. The molecule has 0 bridgehead atoms. The highest BCUT2D eigenvalue weighted by atomic mass is 79.9. The highest BCUT2D eigenvalue weighted by molar-refractivity contribution is 9.10. The molecule has 1 aromatic carbocycles. The van der Waals surface area contributed by atoms with Gasteiger partial charge in [0.2, 0.25) is 5.91 Å². The van der Waals surface area contributed by atoms with E-state index >= 15 is 0 Å². The minimum Gasteiger partial charge on any atom is -0.353 e. The van der Waals surface area contributed by atoms with E-state index in [1.807, 2.05) is 0 Å². The zero-order valence-corrected chi connectivity index (χ0v) is 15.4. The van der Waals surface area contributed by atoms with E-state index in [1.54, 1.807) is 19.2 Å². The summed E-state index contributed by atoms with van der Waals surface area (Å²) < 4.78 is 24.4. The zero-order valence-electron chi connectivity index (χ0n) is 12.1. The van der Waals surface area contributed by atoms with Crippen molar-refractivity contribution >= 4 is 44.1 Å². The van der Waals surface area contributed by atoms with Crippen molar-refractivity contribution in [1.29, 1.82) is 0 Å².